The van der Waals surface area contributed by atoms with Crippen molar-refractivity contribution in [2.75, 3.05) is 10.6 Å². The molecule has 19 heavy (non-hydrogen) atoms. The summed E-state index contributed by atoms with van der Waals surface area (Å²) in [5.74, 6) is -0.214. The number of hydrogen-bond donors (Lipinski definition) is 2. The van der Waals surface area contributed by atoms with Crippen molar-refractivity contribution >= 4 is 23.4 Å². The molecule has 2 aromatic rings. The van der Waals surface area contributed by atoms with Gasteiger partial charge in [0, 0.05) is 18.7 Å². The van der Waals surface area contributed by atoms with Crippen LogP contribution in [0.2, 0.25) is 0 Å². The smallest absolute Gasteiger partial charge is 0.291 e. The Kier molecular flexibility index (Phi) is 3.66. The maximum atomic E-state index is 11.9. The molecule has 0 spiro atoms. The Bertz CT molecular complexity index is 617. The lowest BCUT2D eigenvalue weighted by atomic mass is 10.2. The third kappa shape index (κ3) is 3.45. The van der Waals surface area contributed by atoms with Crippen LogP contribution in [0.5, 0.6) is 0 Å². The van der Waals surface area contributed by atoms with Gasteiger partial charge in [-0.25, -0.2) is 0 Å². The fourth-order valence-corrected chi connectivity index (χ4v) is 1.62. The van der Waals surface area contributed by atoms with Crippen molar-refractivity contribution in [1.29, 1.82) is 0 Å². The van der Waals surface area contributed by atoms with E-state index in [1.807, 2.05) is 25.1 Å². The fraction of sp³-hybridized carbons (Fsp3) is 0.143. The van der Waals surface area contributed by atoms with E-state index < -0.39 is 0 Å². The summed E-state index contributed by atoms with van der Waals surface area (Å²) < 4.78 is 5.21. The predicted molar refractivity (Wildman–Crippen MR) is 72.1 cm³/mol. The highest BCUT2D eigenvalue weighted by molar-refractivity contribution is 6.02. The Balaban J connectivity index is 2.07. The summed E-state index contributed by atoms with van der Waals surface area (Å²) >= 11 is 0. The number of benzene rings is 1. The molecule has 2 N–H and O–H groups in total. The van der Waals surface area contributed by atoms with Gasteiger partial charge < -0.3 is 9.73 Å². The summed E-state index contributed by atoms with van der Waals surface area (Å²) in [5.41, 5.74) is 1.75. The average Bonchev–Trinajstić information content (AvgIpc) is 2.76. The molecule has 98 valence electrons. The maximum Gasteiger partial charge on any atom is 0.291 e. The number of furan rings is 1. The molecule has 1 heterocycles. The highest BCUT2D eigenvalue weighted by Gasteiger charge is 2.12. The van der Waals surface area contributed by atoms with Gasteiger partial charge >= 0.3 is 0 Å². The molecule has 0 atom stereocenters. The first-order valence-electron chi connectivity index (χ1n) is 5.80. The van der Waals surface area contributed by atoms with Crippen molar-refractivity contribution in [3.8, 4) is 0 Å². The molecule has 0 bridgehead atoms. The van der Waals surface area contributed by atoms with Crippen molar-refractivity contribution in [1.82, 2.24) is 0 Å². The molecular weight excluding hydrogens is 244 g/mol. The molecule has 0 saturated heterocycles. The Morgan fingerprint density at radius 3 is 2.58 bits per heavy atom. The molecule has 0 radical (unpaired) electrons. The van der Waals surface area contributed by atoms with Gasteiger partial charge in [0.1, 0.15) is 0 Å². The van der Waals surface area contributed by atoms with E-state index in [1.54, 1.807) is 6.07 Å². The van der Waals surface area contributed by atoms with Crippen molar-refractivity contribution in [3.63, 3.8) is 0 Å². The first kappa shape index (κ1) is 12.9. The number of nitrogens with one attached hydrogen (secondary N) is 2. The van der Waals surface area contributed by atoms with Crippen LogP contribution in [0.15, 0.2) is 40.8 Å². The van der Waals surface area contributed by atoms with E-state index >= 15 is 0 Å². The number of anilines is 2. The summed E-state index contributed by atoms with van der Waals surface area (Å²) in [4.78, 5) is 22.8. The topological polar surface area (TPSA) is 71.3 Å². The van der Waals surface area contributed by atoms with Gasteiger partial charge in [-0.3, -0.25) is 14.9 Å². The van der Waals surface area contributed by atoms with E-state index in [2.05, 4.69) is 10.6 Å². The van der Waals surface area contributed by atoms with Crippen LogP contribution in [0, 0.1) is 6.92 Å². The van der Waals surface area contributed by atoms with Crippen LogP contribution in [0.25, 0.3) is 0 Å². The Morgan fingerprint density at radius 2 is 1.89 bits per heavy atom. The SMILES string of the molecule is CC(=O)Nc1ccc(C(=O)Nc2cccc(C)c2)o1. The second kappa shape index (κ2) is 5.39. The minimum Gasteiger partial charge on any atom is -0.435 e. The van der Waals surface area contributed by atoms with Gasteiger partial charge in [0.05, 0.1) is 0 Å². The van der Waals surface area contributed by atoms with Gasteiger partial charge in [0.2, 0.25) is 5.91 Å². The molecule has 0 aliphatic carbocycles. The van der Waals surface area contributed by atoms with Crippen molar-refractivity contribution < 1.29 is 14.0 Å². The van der Waals surface area contributed by atoms with Gasteiger partial charge in [0.25, 0.3) is 5.91 Å². The van der Waals surface area contributed by atoms with Crippen LogP contribution in [-0.4, -0.2) is 11.8 Å². The number of hydrogen-bond acceptors (Lipinski definition) is 3. The van der Waals surface area contributed by atoms with E-state index in [1.165, 1.54) is 19.1 Å². The molecule has 0 unspecified atom stereocenters. The van der Waals surface area contributed by atoms with Crippen LogP contribution in [0.4, 0.5) is 11.6 Å². The van der Waals surface area contributed by atoms with Crippen molar-refractivity contribution in [2.45, 2.75) is 13.8 Å². The number of carbonyl (C=O) groups is 2. The van der Waals surface area contributed by atoms with E-state index in [0.29, 0.717) is 5.69 Å². The minimum atomic E-state index is -0.359. The molecule has 1 aromatic carbocycles. The van der Waals surface area contributed by atoms with Crippen LogP contribution in [0.1, 0.15) is 23.0 Å². The molecule has 5 heteroatoms. The fourth-order valence-electron chi connectivity index (χ4n) is 1.62. The van der Waals surface area contributed by atoms with E-state index in [0.717, 1.165) is 5.56 Å². The first-order valence-corrected chi connectivity index (χ1v) is 5.80. The molecule has 1 aromatic heterocycles. The normalized spacial score (nSPS) is 10.0. The molecule has 0 aliphatic heterocycles. The highest BCUT2D eigenvalue weighted by Crippen LogP contribution is 2.16. The van der Waals surface area contributed by atoms with Crippen LogP contribution >= 0.6 is 0 Å². The summed E-state index contributed by atoms with van der Waals surface area (Å²) in [6, 6.07) is 10.5. The van der Waals surface area contributed by atoms with E-state index in [9.17, 15) is 9.59 Å². The van der Waals surface area contributed by atoms with E-state index in [4.69, 9.17) is 4.42 Å². The van der Waals surface area contributed by atoms with Crippen LogP contribution in [-0.2, 0) is 4.79 Å². The van der Waals surface area contributed by atoms with Gasteiger partial charge in [0.15, 0.2) is 11.6 Å². The zero-order valence-electron chi connectivity index (χ0n) is 10.7. The highest BCUT2D eigenvalue weighted by atomic mass is 16.4. The molecule has 0 aliphatic rings. The summed E-state index contributed by atoms with van der Waals surface area (Å²) in [6.07, 6.45) is 0. The van der Waals surface area contributed by atoms with Gasteiger partial charge in [-0.2, -0.15) is 0 Å². The minimum absolute atomic E-state index is 0.144. The first-order chi connectivity index (χ1) is 9.04. The average molecular weight is 258 g/mol. The Labute approximate surface area is 110 Å². The number of amides is 2. The zero-order valence-corrected chi connectivity index (χ0v) is 10.7. The van der Waals surface area contributed by atoms with Gasteiger partial charge in [-0.1, -0.05) is 12.1 Å². The van der Waals surface area contributed by atoms with Crippen LogP contribution in [0.3, 0.4) is 0 Å². The standard InChI is InChI=1S/C14H14N2O3/c1-9-4-3-5-11(8-9)16-14(18)12-6-7-13(19-12)15-10(2)17/h3-8H,1-2H3,(H,15,17)(H,16,18). The summed E-state index contributed by atoms with van der Waals surface area (Å²) in [7, 11) is 0. The number of rotatable bonds is 3. The van der Waals surface area contributed by atoms with Crippen molar-refractivity contribution in [2.24, 2.45) is 0 Å². The number of aryl methyl sites for hydroxylation is 1. The third-order valence-corrected chi connectivity index (χ3v) is 2.40. The van der Waals surface area contributed by atoms with Gasteiger partial charge in [-0.15, -0.1) is 0 Å². The monoisotopic (exact) mass is 258 g/mol. The number of carbonyl (C=O) groups excluding carboxylic acids is 2. The molecule has 2 rings (SSSR count). The van der Waals surface area contributed by atoms with Crippen LogP contribution < -0.4 is 10.6 Å². The largest absolute Gasteiger partial charge is 0.435 e. The molecule has 2 amide bonds. The lowest BCUT2D eigenvalue weighted by Crippen LogP contribution is -2.11. The quantitative estimate of drug-likeness (QED) is 0.889. The van der Waals surface area contributed by atoms with Crippen molar-refractivity contribution in [3.05, 3.63) is 47.7 Å². The summed E-state index contributed by atoms with van der Waals surface area (Å²) in [5, 5.41) is 5.19. The molecular formula is C14H14N2O3. The second-order valence-corrected chi connectivity index (χ2v) is 4.17. The maximum absolute atomic E-state index is 11.9. The van der Waals surface area contributed by atoms with E-state index in [-0.39, 0.29) is 23.5 Å². The molecule has 0 fully saturated rings. The lowest BCUT2D eigenvalue weighted by molar-refractivity contribution is -0.114. The molecule has 0 saturated carbocycles. The van der Waals surface area contributed by atoms with Gasteiger partial charge in [-0.05, 0) is 30.7 Å². The third-order valence-electron chi connectivity index (χ3n) is 2.40. The zero-order chi connectivity index (χ0) is 13.8. The molecule has 5 nitrogen and oxygen atoms in total. The summed E-state index contributed by atoms with van der Waals surface area (Å²) in [6.45, 7) is 3.31. The lowest BCUT2D eigenvalue weighted by Gasteiger charge is -2.03. The Hall–Kier alpha value is -2.56. The second-order valence-electron chi connectivity index (χ2n) is 4.17. The predicted octanol–water partition coefficient (Wildman–Crippen LogP) is 2.80. The Morgan fingerprint density at radius 1 is 1.11 bits per heavy atom.